The number of aromatic nitrogens is 3. The molecule has 0 saturated carbocycles. The second kappa shape index (κ2) is 16.7. The number of likely N-dealkylation sites (tertiary alicyclic amines) is 1. The molecule has 2 aliphatic heterocycles. The van der Waals surface area contributed by atoms with Crippen molar-refractivity contribution < 1.29 is 27.8 Å². The largest absolute Gasteiger partial charge is 0.388 e. The van der Waals surface area contributed by atoms with E-state index in [0.717, 1.165) is 30.9 Å². The number of morpholine rings is 1. The van der Waals surface area contributed by atoms with Crippen molar-refractivity contribution in [3.05, 3.63) is 94.1 Å². The Balaban J connectivity index is 0.000000372. The molecule has 2 saturated heterocycles. The predicted octanol–water partition coefficient (Wildman–Crippen LogP) is 5.00. The number of nitrogens with one attached hydrogen (secondary N) is 1. The van der Waals surface area contributed by atoms with E-state index in [1.807, 2.05) is 60.7 Å². The van der Waals surface area contributed by atoms with Crippen LogP contribution in [0.2, 0.25) is 5.15 Å². The normalized spacial score (nSPS) is 17.5. The van der Waals surface area contributed by atoms with Crippen LogP contribution in [0.5, 0.6) is 0 Å². The van der Waals surface area contributed by atoms with Crippen molar-refractivity contribution in [1.82, 2.24) is 24.3 Å². The number of amides is 1. The van der Waals surface area contributed by atoms with Crippen molar-refractivity contribution in [3.63, 3.8) is 0 Å². The van der Waals surface area contributed by atoms with Gasteiger partial charge in [-0.05, 0) is 49.9 Å². The van der Waals surface area contributed by atoms with Crippen molar-refractivity contribution in [1.29, 1.82) is 0 Å². The molecule has 4 aromatic rings. The summed E-state index contributed by atoms with van der Waals surface area (Å²) in [6, 6.07) is 21.1. The summed E-state index contributed by atoms with van der Waals surface area (Å²) in [4.78, 5) is 32.2. The number of alkyl halides is 3. The Morgan fingerprint density at radius 2 is 1.74 bits per heavy atom. The molecular formula is C33H39ClF3N5O4. The number of carbonyl (C=O) groups is 1. The maximum absolute atomic E-state index is 13.2. The fourth-order valence-corrected chi connectivity index (χ4v) is 5.71. The molecule has 6 rings (SSSR count). The molecule has 2 aromatic heterocycles. The third kappa shape index (κ3) is 9.89. The van der Waals surface area contributed by atoms with Crippen LogP contribution >= 0.6 is 11.6 Å². The van der Waals surface area contributed by atoms with Crippen molar-refractivity contribution in [2.75, 3.05) is 32.8 Å². The van der Waals surface area contributed by atoms with Gasteiger partial charge < -0.3 is 20.1 Å². The van der Waals surface area contributed by atoms with Gasteiger partial charge in [-0.2, -0.15) is 13.2 Å². The number of benzene rings is 2. The van der Waals surface area contributed by atoms with Crippen molar-refractivity contribution in [3.8, 4) is 5.69 Å². The number of halogens is 4. The zero-order valence-corrected chi connectivity index (χ0v) is 26.4. The Bertz CT molecular complexity index is 1590. The van der Waals surface area contributed by atoms with Gasteiger partial charge in [0.25, 0.3) is 5.56 Å². The average Bonchev–Trinajstić information content (AvgIpc) is 3.39. The summed E-state index contributed by atoms with van der Waals surface area (Å²) < 4.78 is 37.4. The van der Waals surface area contributed by atoms with E-state index in [1.165, 1.54) is 10.9 Å². The van der Waals surface area contributed by atoms with Gasteiger partial charge >= 0.3 is 6.68 Å². The maximum atomic E-state index is 13.2. The lowest BCUT2D eigenvalue weighted by Gasteiger charge is -2.38. The van der Waals surface area contributed by atoms with E-state index in [4.69, 9.17) is 16.3 Å². The third-order valence-electron chi connectivity index (χ3n) is 7.85. The fraction of sp³-hybridized carbons (Fsp3) is 0.424. The van der Waals surface area contributed by atoms with E-state index in [2.05, 4.69) is 17.2 Å². The molecule has 2 fully saturated rings. The lowest BCUT2D eigenvalue weighted by Crippen LogP contribution is -2.49. The van der Waals surface area contributed by atoms with Crippen LogP contribution in [0.25, 0.3) is 16.7 Å². The molecule has 0 radical (unpaired) electrons. The van der Waals surface area contributed by atoms with Gasteiger partial charge in [-0.1, -0.05) is 60.1 Å². The van der Waals surface area contributed by atoms with Gasteiger partial charge in [0.15, 0.2) is 5.65 Å². The summed E-state index contributed by atoms with van der Waals surface area (Å²) in [5.74, 6) is 0.0908. The molecule has 1 amide bonds. The van der Waals surface area contributed by atoms with E-state index < -0.39 is 12.3 Å². The first-order chi connectivity index (χ1) is 22.1. The number of aryl methyl sites for hydroxylation is 1. The Morgan fingerprint density at radius 3 is 2.30 bits per heavy atom. The first-order valence-corrected chi connectivity index (χ1v) is 15.5. The minimum Gasteiger partial charge on any atom is -0.388 e. The van der Waals surface area contributed by atoms with Crippen molar-refractivity contribution in [2.45, 2.75) is 57.5 Å². The number of aliphatic hydroxyl groups is 1. The molecule has 13 heteroatoms. The lowest BCUT2D eigenvalue weighted by atomic mass is 9.91. The highest BCUT2D eigenvalue weighted by Gasteiger charge is 2.34. The van der Waals surface area contributed by atoms with E-state index in [1.54, 1.807) is 15.5 Å². The number of ether oxygens (including phenoxy) is 1. The van der Waals surface area contributed by atoms with Crippen LogP contribution < -0.4 is 10.9 Å². The highest BCUT2D eigenvalue weighted by molar-refractivity contribution is 6.31. The Labute approximate surface area is 270 Å². The number of rotatable bonds is 6. The van der Waals surface area contributed by atoms with Gasteiger partial charge in [-0.15, -0.1) is 0 Å². The Morgan fingerprint density at radius 1 is 1.11 bits per heavy atom. The van der Waals surface area contributed by atoms with E-state index in [0.29, 0.717) is 61.1 Å². The highest BCUT2D eigenvalue weighted by Crippen LogP contribution is 2.27. The summed E-state index contributed by atoms with van der Waals surface area (Å²) in [5, 5.41) is 15.2. The number of nitrogens with zero attached hydrogens (tertiary/aromatic N) is 4. The van der Waals surface area contributed by atoms with Gasteiger partial charge in [0.2, 0.25) is 5.91 Å². The predicted molar refractivity (Wildman–Crippen MR) is 171 cm³/mol. The molecule has 9 nitrogen and oxygen atoms in total. The van der Waals surface area contributed by atoms with Crippen LogP contribution in [-0.4, -0.2) is 81.2 Å². The zero-order chi connectivity index (χ0) is 33.1. The third-order valence-corrected chi connectivity index (χ3v) is 8.13. The number of piperidine rings is 1. The molecule has 4 heterocycles. The van der Waals surface area contributed by atoms with Crippen LogP contribution in [-0.2, 0) is 22.5 Å². The first kappa shape index (κ1) is 35.1. The molecule has 1 unspecified atom stereocenters. The number of fused-ring (bicyclic) bond motifs is 1. The number of hydrogen-bond acceptors (Lipinski definition) is 6. The van der Waals surface area contributed by atoms with Gasteiger partial charge in [-0.25, -0.2) is 4.98 Å². The summed E-state index contributed by atoms with van der Waals surface area (Å²) in [6.07, 6.45) is 3.85. The highest BCUT2D eigenvalue weighted by atomic mass is 35.5. The molecule has 1 atom stereocenters. The molecule has 0 aliphatic carbocycles. The molecule has 0 spiro atoms. The second-order valence-electron chi connectivity index (χ2n) is 11.3. The van der Waals surface area contributed by atoms with E-state index in [-0.39, 0.29) is 18.0 Å². The smallest absolute Gasteiger partial charge is 0.379 e. The molecule has 46 heavy (non-hydrogen) atoms. The van der Waals surface area contributed by atoms with E-state index >= 15 is 0 Å². The van der Waals surface area contributed by atoms with Crippen LogP contribution in [0, 0.1) is 0 Å². The molecule has 2 aliphatic rings. The Hall–Kier alpha value is -3.71. The van der Waals surface area contributed by atoms with Crippen LogP contribution in [0.4, 0.5) is 13.2 Å². The van der Waals surface area contributed by atoms with Crippen molar-refractivity contribution in [2.24, 2.45) is 0 Å². The van der Waals surface area contributed by atoms with Gasteiger partial charge in [0.05, 0.1) is 30.2 Å². The fourth-order valence-electron chi connectivity index (χ4n) is 5.42. The Kier molecular flexibility index (Phi) is 12.8. The van der Waals surface area contributed by atoms with Crippen molar-refractivity contribution >= 4 is 28.5 Å². The van der Waals surface area contributed by atoms with Crippen LogP contribution in [0.1, 0.15) is 31.7 Å². The molecule has 2 aromatic carbocycles. The lowest BCUT2D eigenvalue weighted by molar-refractivity contribution is -0.135. The zero-order valence-electron chi connectivity index (χ0n) is 25.6. The summed E-state index contributed by atoms with van der Waals surface area (Å²) >= 11 is 6.44. The van der Waals surface area contributed by atoms with Gasteiger partial charge in [-0.3, -0.25) is 18.7 Å². The number of para-hydroxylation sites is 1. The van der Waals surface area contributed by atoms with Crippen LogP contribution in [0.3, 0.4) is 0 Å². The minimum atomic E-state index is -3.67. The minimum absolute atomic E-state index is 0.0908. The second-order valence-corrected chi connectivity index (χ2v) is 11.7. The van der Waals surface area contributed by atoms with Gasteiger partial charge in [0, 0.05) is 38.3 Å². The maximum Gasteiger partial charge on any atom is 0.379 e. The topological polar surface area (TPSA) is 102 Å². The summed E-state index contributed by atoms with van der Waals surface area (Å²) in [6.45, 7) is 2.36. The molecule has 248 valence electrons. The molecule has 2 N–H and O–H groups in total. The standard InChI is InChI=1S/C27H27ClN4O3.C5H11NO.CHF3/c28-23-17-22-25(32(23)21-9-5-2-6-10-21)29-19-31(26(22)34)18-27(35)13-15-30(16-14-27)24(33)12-11-20-7-3-1-4-8-20;1-5-4-6-2-3-7-5;2-1(3)4/h1-10,17,19,35H,11-16,18H2;5-6H,2-4H2,1H3;1H. The van der Waals surface area contributed by atoms with Crippen LogP contribution in [0.15, 0.2) is 77.9 Å². The molecule has 0 bridgehead atoms. The first-order valence-electron chi connectivity index (χ1n) is 15.2. The average molecular weight is 662 g/mol. The SMILES string of the molecule is CC1CNCCO1.FC(F)F.O=C(CCc1ccccc1)N1CCC(O)(Cn2cnc3c(cc(Cl)n3-c3ccccc3)c2=O)CC1. The summed E-state index contributed by atoms with van der Waals surface area (Å²) in [5.41, 5.74) is 1.11. The van der Waals surface area contributed by atoms with Gasteiger partial charge in [0.1, 0.15) is 11.5 Å². The summed E-state index contributed by atoms with van der Waals surface area (Å²) in [7, 11) is 0. The monoisotopic (exact) mass is 661 g/mol. The number of carbonyl (C=O) groups excluding carboxylic acids is 1. The number of hydrogen-bond donors (Lipinski definition) is 2. The van der Waals surface area contributed by atoms with E-state index in [9.17, 15) is 27.9 Å². The molecular weight excluding hydrogens is 623 g/mol. The quantitative estimate of drug-likeness (QED) is 0.302.